The van der Waals surface area contributed by atoms with Gasteiger partial charge in [0, 0.05) is 5.56 Å². The van der Waals surface area contributed by atoms with Gasteiger partial charge in [0.05, 0.1) is 5.69 Å². The molecule has 0 unspecified atom stereocenters. The van der Waals surface area contributed by atoms with Crippen molar-refractivity contribution in [3.63, 3.8) is 0 Å². The van der Waals surface area contributed by atoms with Gasteiger partial charge >= 0.3 is 18.2 Å². The Morgan fingerprint density at radius 3 is 2.04 bits per heavy atom. The van der Waals surface area contributed by atoms with Crippen molar-refractivity contribution in [2.75, 3.05) is 5.32 Å². The van der Waals surface area contributed by atoms with Crippen molar-refractivity contribution in [3.05, 3.63) is 53.3 Å². The van der Waals surface area contributed by atoms with E-state index in [0.717, 1.165) is 16.7 Å². The summed E-state index contributed by atoms with van der Waals surface area (Å²) in [7, 11) is 0. The van der Waals surface area contributed by atoms with Gasteiger partial charge < -0.3 is 10.2 Å². The lowest BCUT2D eigenvalue weighted by Crippen LogP contribution is -2.21. The number of rotatable bonds is 2. The fraction of sp³-hybridized carbons (Fsp3) is 0.176. The summed E-state index contributed by atoms with van der Waals surface area (Å²) >= 11 is 0. The Hall–Kier alpha value is -3.10. The monoisotopic (exact) mass is 373 g/mol. The minimum Gasteiger partial charge on any atom is -0.475 e. The second kappa shape index (κ2) is 8.32. The van der Waals surface area contributed by atoms with E-state index in [1.165, 1.54) is 6.07 Å². The number of carboxylic acid groups (broad SMARTS) is 2. The molecule has 0 radical (unpaired) electrons. The van der Waals surface area contributed by atoms with Gasteiger partial charge in [-0.15, -0.1) is 0 Å². The third-order valence-corrected chi connectivity index (χ3v) is 3.22. The molecule has 2 aromatic carbocycles. The van der Waals surface area contributed by atoms with Crippen LogP contribution in [0.25, 0.3) is 11.1 Å². The molecule has 2 aromatic rings. The smallest absolute Gasteiger partial charge is 0.475 e. The van der Waals surface area contributed by atoms with Crippen molar-refractivity contribution in [2.24, 2.45) is 0 Å². The molecule has 2 rings (SSSR count). The highest BCUT2D eigenvalue weighted by Crippen LogP contribution is 2.31. The molecule has 0 aromatic heterocycles. The summed E-state index contributed by atoms with van der Waals surface area (Å²) in [5, 5.41) is 18.4. The van der Waals surface area contributed by atoms with Gasteiger partial charge in [0.25, 0.3) is 0 Å². The van der Waals surface area contributed by atoms with Crippen LogP contribution in [0.4, 0.5) is 28.0 Å². The minimum absolute atomic E-state index is 0.274. The number of benzene rings is 2. The number of anilines is 1. The van der Waals surface area contributed by atoms with Crippen LogP contribution in [0.1, 0.15) is 11.1 Å². The maximum absolute atomic E-state index is 13.3. The molecule has 0 bridgehead atoms. The number of amides is 1. The quantitative estimate of drug-likeness (QED) is 0.658. The number of aryl methyl sites for hydroxylation is 2. The average Bonchev–Trinajstić information content (AvgIpc) is 2.51. The van der Waals surface area contributed by atoms with Gasteiger partial charge in [0.2, 0.25) is 0 Å². The van der Waals surface area contributed by atoms with Crippen molar-refractivity contribution < 1.29 is 37.4 Å². The summed E-state index contributed by atoms with van der Waals surface area (Å²) in [5.74, 6) is -3.03. The van der Waals surface area contributed by atoms with Gasteiger partial charge in [0.15, 0.2) is 0 Å². The normalized spacial score (nSPS) is 10.5. The summed E-state index contributed by atoms with van der Waals surface area (Å²) in [6.45, 7) is 3.50. The summed E-state index contributed by atoms with van der Waals surface area (Å²) in [6, 6.07) is 10.2. The Labute approximate surface area is 145 Å². The Bertz CT molecular complexity index is 819. The lowest BCUT2D eigenvalue weighted by Gasteiger charge is -2.13. The van der Waals surface area contributed by atoms with Crippen molar-refractivity contribution in [2.45, 2.75) is 20.0 Å². The van der Waals surface area contributed by atoms with E-state index >= 15 is 0 Å². The van der Waals surface area contributed by atoms with Crippen molar-refractivity contribution in [1.82, 2.24) is 0 Å². The molecule has 5 nitrogen and oxygen atoms in total. The van der Waals surface area contributed by atoms with Crippen LogP contribution in [-0.4, -0.2) is 28.5 Å². The second-order valence-electron chi connectivity index (χ2n) is 5.19. The first-order valence-electron chi connectivity index (χ1n) is 7.09. The molecule has 0 saturated heterocycles. The molecule has 26 heavy (non-hydrogen) atoms. The molecule has 140 valence electrons. The molecule has 0 saturated carbocycles. The van der Waals surface area contributed by atoms with E-state index < -0.39 is 18.2 Å². The third-order valence-electron chi connectivity index (χ3n) is 3.22. The fourth-order valence-electron chi connectivity index (χ4n) is 1.99. The molecular weight excluding hydrogens is 358 g/mol. The molecular formula is C17H15F4NO4. The van der Waals surface area contributed by atoms with Gasteiger partial charge in [-0.2, -0.15) is 13.2 Å². The molecule has 3 N–H and O–H groups in total. The average molecular weight is 373 g/mol. The first-order valence-corrected chi connectivity index (χ1v) is 7.09. The Morgan fingerprint density at radius 2 is 1.58 bits per heavy atom. The van der Waals surface area contributed by atoms with Gasteiger partial charge in [-0.3, -0.25) is 5.32 Å². The standard InChI is InChI=1S/C15H14FNO2.C2HF3O2/c1-9-4-3-5-12(14(9)17-15(18)19)11-6-7-13(16)10(2)8-11;3-2(4,5)1(6)7/h3-8,17H,1-2H3,(H,18,19);(H,6,7). The van der Waals surface area contributed by atoms with E-state index in [0.29, 0.717) is 11.3 Å². The van der Waals surface area contributed by atoms with Crippen molar-refractivity contribution in [3.8, 4) is 11.1 Å². The van der Waals surface area contributed by atoms with Crippen LogP contribution < -0.4 is 5.32 Å². The minimum atomic E-state index is -5.08. The molecule has 9 heteroatoms. The number of para-hydroxylation sites is 1. The topological polar surface area (TPSA) is 86.6 Å². The van der Waals surface area contributed by atoms with Crippen LogP contribution in [0.2, 0.25) is 0 Å². The highest BCUT2D eigenvalue weighted by Gasteiger charge is 2.38. The van der Waals surface area contributed by atoms with Crippen molar-refractivity contribution >= 4 is 17.7 Å². The molecule has 0 atom stereocenters. The van der Waals surface area contributed by atoms with E-state index in [-0.39, 0.29) is 5.82 Å². The van der Waals surface area contributed by atoms with Crippen LogP contribution in [0, 0.1) is 19.7 Å². The van der Waals surface area contributed by atoms with Gasteiger partial charge in [0.1, 0.15) is 5.82 Å². The number of aliphatic carboxylic acids is 1. The van der Waals surface area contributed by atoms with Crippen molar-refractivity contribution in [1.29, 1.82) is 0 Å². The van der Waals surface area contributed by atoms with E-state index in [9.17, 15) is 22.4 Å². The molecule has 0 fully saturated rings. The number of hydrogen-bond donors (Lipinski definition) is 3. The zero-order valence-corrected chi connectivity index (χ0v) is 13.7. The molecule has 0 spiro atoms. The van der Waals surface area contributed by atoms with Crippen LogP contribution in [0.3, 0.4) is 0 Å². The number of halogens is 4. The van der Waals surface area contributed by atoms with Crippen LogP contribution in [0.15, 0.2) is 36.4 Å². The zero-order valence-electron chi connectivity index (χ0n) is 13.7. The summed E-state index contributed by atoms with van der Waals surface area (Å²) in [5.41, 5.74) is 3.40. The largest absolute Gasteiger partial charge is 0.490 e. The lowest BCUT2D eigenvalue weighted by atomic mass is 9.99. The molecule has 0 heterocycles. The molecule has 1 amide bonds. The Morgan fingerprint density at radius 1 is 1.00 bits per heavy atom. The number of nitrogens with one attached hydrogen (secondary N) is 1. The second-order valence-corrected chi connectivity index (χ2v) is 5.19. The van der Waals surface area contributed by atoms with Gasteiger partial charge in [-0.25, -0.2) is 14.0 Å². The third kappa shape index (κ3) is 5.76. The Balaban J connectivity index is 0.000000412. The molecule has 0 aliphatic rings. The fourth-order valence-corrected chi connectivity index (χ4v) is 1.99. The number of alkyl halides is 3. The van der Waals surface area contributed by atoms with Gasteiger partial charge in [-0.1, -0.05) is 24.3 Å². The summed E-state index contributed by atoms with van der Waals surface area (Å²) in [6.07, 6.45) is -6.20. The number of hydrogen-bond acceptors (Lipinski definition) is 2. The van der Waals surface area contributed by atoms with Crippen LogP contribution >= 0.6 is 0 Å². The maximum atomic E-state index is 13.3. The zero-order chi connectivity index (χ0) is 20.1. The first-order chi connectivity index (χ1) is 11.9. The van der Waals surface area contributed by atoms with E-state index in [1.54, 1.807) is 19.1 Å². The molecule has 0 aliphatic heterocycles. The van der Waals surface area contributed by atoms with E-state index in [4.69, 9.17) is 15.0 Å². The van der Waals surface area contributed by atoms with E-state index in [1.807, 2.05) is 25.1 Å². The van der Waals surface area contributed by atoms with Crippen LogP contribution in [0.5, 0.6) is 0 Å². The van der Waals surface area contributed by atoms with Crippen LogP contribution in [-0.2, 0) is 4.79 Å². The Kier molecular flexibility index (Phi) is 6.71. The SMILES string of the molecule is Cc1cc(-c2cccc(C)c2NC(=O)O)ccc1F.O=C(O)C(F)(F)F. The van der Waals surface area contributed by atoms with E-state index in [2.05, 4.69) is 5.32 Å². The number of carboxylic acids is 1. The predicted octanol–water partition coefficient (Wildman–Crippen LogP) is 4.83. The maximum Gasteiger partial charge on any atom is 0.490 e. The summed E-state index contributed by atoms with van der Waals surface area (Å²) < 4.78 is 45.0. The highest BCUT2D eigenvalue weighted by molar-refractivity contribution is 5.92. The predicted molar refractivity (Wildman–Crippen MR) is 86.6 cm³/mol. The van der Waals surface area contributed by atoms with Gasteiger partial charge in [-0.05, 0) is 42.7 Å². The molecule has 0 aliphatic carbocycles. The first kappa shape index (κ1) is 20.9. The lowest BCUT2D eigenvalue weighted by molar-refractivity contribution is -0.192. The summed E-state index contributed by atoms with van der Waals surface area (Å²) in [4.78, 5) is 19.8. The highest BCUT2D eigenvalue weighted by atomic mass is 19.4. The number of carbonyl (C=O) groups is 2.